The van der Waals surface area contributed by atoms with E-state index in [0.717, 1.165) is 12.1 Å². The molecule has 0 bridgehead atoms. The van der Waals surface area contributed by atoms with Crippen LogP contribution in [0.25, 0.3) is 56.5 Å². The number of nitrogens with zero attached hydrogens (tertiary/aromatic N) is 11. The van der Waals surface area contributed by atoms with Crippen LogP contribution >= 0.6 is 0 Å². The van der Waals surface area contributed by atoms with Gasteiger partial charge in [-0.25, -0.2) is 33.9 Å². The maximum atomic E-state index is 12.9. The molecule has 7 rings (SSSR count). The van der Waals surface area contributed by atoms with Gasteiger partial charge < -0.3 is 25.7 Å². The minimum atomic E-state index is -1.26. The summed E-state index contributed by atoms with van der Waals surface area (Å²) in [5.74, 6) is -3.49. The number of aromatic nitrogens is 11. The maximum Gasteiger partial charge on any atom is 0.336 e. The number of amides is 1. The van der Waals surface area contributed by atoms with Gasteiger partial charge in [-0.15, -0.1) is 10.2 Å². The van der Waals surface area contributed by atoms with Gasteiger partial charge in [0.2, 0.25) is 11.8 Å². The Labute approximate surface area is 272 Å². The molecule has 19 heteroatoms. The lowest BCUT2D eigenvalue weighted by Gasteiger charge is -2.07. The zero-order valence-electron chi connectivity index (χ0n) is 24.9. The van der Waals surface area contributed by atoms with Crippen LogP contribution in [0.15, 0.2) is 60.9 Å². The summed E-state index contributed by atoms with van der Waals surface area (Å²) in [5.41, 5.74) is 0.825. The van der Waals surface area contributed by atoms with Crippen molar-refractivity contribution in [2.24, 2.45) is 0 Å². The number of carboxylic acid groups (broad SMARTS) is 2. The van der Waals surface area contributed by atoms with Crippen molar-refractivity contribution in [3.05, 3.63) is 77.6 Å². The normalized spacial score (nSPS) is 11.2. The number of carboxylic acids is 2. The van der Waals surface area contributed by atoms with Gasteiger partial charge in [0.05, 0.1) is 34.9 Å². The molecule has 0 unspecified atom stereocenters. The largest absolute Gasteiger partial charge is 0.493 e. The van der Waals surface area contributed by atoms with Gasteiger partial charge in [0.25, 0.3) is 5.91 Å². The molecule has 1 amide bonds. The van der Waals surface area contributed by atoms with Gasteiger partial charge in [-0.05, 0) is 43.3 Å². The number of nitrogens with one attached hydrogen (secondary N) is 1. The first kappa shape index (κ1) is 30.2. The van der Waals surface area contributed by atoms with Gasteiger partial charge in [0.15, 0.2) is 22.9 Å². The lowest BCUT2D eigenvalue weighted by Crippen LogP contribution is -2.22. The molecule has 0 spiro atoms. The quantitative estimate of drug-likeness (QED) is 0.156. The Morgan fingerprint density at radius 3 is 1.55 bits per heavy atom. The molecule has 0 saturated heterocycles. The van der Waals surface area contributed by atoms with Crippen LogP contribution in [0.4, 0.5) is 0 Å². The number of rotatable bonds is 8. The fourth-order valence-corrected chi connectivity index (χ4v) is 4.95. The van der Waals surface area contributed by atoms with Gasteiger partial charge in [0, 0.05) is 35.0 Å². The van der Waals surface area contributed by atoms with Crippen LogP contribution in [-0.4, -0.2) is 99.7 Å². The number of carbonyl (C=O) groups is 3. The Bertz CT molecular complexity index is 2330. The standard InChI is InChI=1S/C30H20N12O7/c1-2-31-28(45)13-7-18(20-11-41(39-37-20)22-5-3-14-16(29(46)47)9-24(43)35-26(14)33-22)32-19(8-13)21-12-42(40-38-21)23-6-4-15-17(30(48)49)10-25(44)36-27(15)34-23/h3-12H,2H2,1H3,(H,31,45)(H,46,47)(H,48,49)(H,33,35,43)(H,34,36,44). The summed E-state index contributed by atoms with van der Waals surface area (Å²) in [6.45, 7) is 2.13. The highest BCUT2D eigenvalue weighted by Crippen LogP contribution is 2.26. The molecule has 7 aromatic rings. The summed E-state index contributed by atoms with van der Waals surface area (Å²) in [5, 5.41) is 58.6. The molecule has 0 radical (unpaired) electrons. The molecule has 5 N–H and O–H groups in total. The Balaban J connectivity index is 1.26. The van der Waals surface area contributed by atoms with Crippen molar-refractivity contribution in [1.29, 1.82) is 0 Å². The van der Waals surface area contributed by atoms with Crippen molar-refractivity contribution in [3.8, 4) is 46.2 Å². The first-order valence-electron chi connectivity index (χ1n) is 14.2. The minimum Gasteiger partial charge on any atom is -0.493 e. The lowest BCUT2D eigenvalue weighted by molar-refractivity contribution is 0.0687. The van der Waals surface area contributed by atoms with Crippen molar-refractivity contribution in [2.75, 3.05) is 6.54 Å². The van der Waals surface area contributed by atoms with Crippen LogP contribution in [0.2, 0.25) is 0 Å². The zero-order chi connectivity index (χ0) is 34.4. The molecule has 0 aliphatic carbocycles. The average Bonchev–Trinajstić information content (AvgIpc) is 3.78. The van der Waals surface area contributed by atoms with Crippen molar-refractivity contribution >= 4 is 39.9 Å². The molecular weight excluding hydrogens is 640 g/mol. The minimum absolute atomic E-state index is 0.0236. The van der Waals surface area contributed by atoms with Crippen LogP contribution in [0.1, 0.15) is 38.0 Å². The molecular formula is C30H20N12O7. The first-order chi connectivity index (χ1) is 23.6. The van der Waals surface area contributed by atoms with Gasteiger partial charge in [-0.1, -0.05) is 10.4 Å². The number of carbonyl (C=O) groups excluding carboxylic acids is 1. The first-order valence-corrected chi connectivity index (χ1v) is 14.2. The van der Waals surface area contributed by atoms with Crippen LogP contribution in [0.3, 0.4) is 0 Å². The van der Waals surface area contributed by atoms with Crippen LogP contribution in [0.5, 0.6) is 11.8 Å². The van der Waals surface area contributed by atoms with E-state index in [4.69, 9.17) is 0 Å². The van der Waals surface area contributed by atoms with Crippen molar-refractivity contribution in [2.45, 2.75) is 6.92 Å². The lowest BCUT2D eigenvalue weighted by atomic mass is 10.1. The summed E-state index contributed by atoms with van der Waals surface area (Å²) in [6, 6.07) is 11.1. The second kappa shape index (κ2) is 11.7. The molecule has 49 heavy (non-hydrogen) atoms. The van der Waals surface area contributed by atoms with E-state index in [1.54, 1.807) is 6.92 Å². The zero-order valence-corrected chi connectivity index (χ0v) is 24.9. The van der Waals surface area contributed by atoms with E-state index in [9.17, 15) is 34.8 Å². The Kier molecular flexibility index (Phi) is 7.24. The van der Waals surface area contributed by atoms with Crippen LogP contribution in [0, 0.1) is 0 Å². The highest BCUT2D eigenvalue weighted by molar-refractivity contribution is 6.03. The number of hydrogen-bond acceptors (Lipinski definition) is 14. The molecule has 0 atom stereocenters. The molecule has 7 heterocycles. The van der Waals surface area contributed by atoms with Crippen molar-refractivity contribution < 1.29 is 34.8 Å². The molecule has 19 nitrogen and oxygen atoms in total. The van der Waals surface area contributed by atoms with E-state index in [2.05, 4.69) is 50.9 Å². The van der Waals surface area contributed by atoms with Gasteiger partial charge in [-0.3, -0.25) is 4.79 Å². The highest BCUT2D eigenvalue weighted by Gasteiger charge is 2.19. The summed E-state index contributed by atoms with van der Waals surface area (Å²) < 4.78 is 2.59. The summed E-state index contributed by atoms with van der Waals surface area (Å²) in [6.07, 6.45) is 2.98. The average molecular weight is 661 g/mol. The number of hydrogen-bond donors (Lipinski definition) is 5. The van der Waals surface area contributed by atoms with E-state index < -0.39 is 23.7 Å². The monoisotopic (exact) mass is 660 g/mol. The Hall–Kier alpha value is -7.44. The van der Waals surface area contributed by atoms with E-state index in [0.29, 0.717) is 6.54 Å². The second-order valence-corrected chi connectivity index (χ2v) is 10.3. The van der Waals surface area contributed by atoms with Gasteiger partial charge in [-0.2, -0.15) is 9.97 Å². The predicted octanol–water partition coefficient (Wildman–Crippen LogP) is 2.02. The Morgan fingerprint density at radius 1 is 0.653 bits per heavy atom. The van der Waals surface area contributed by atoms with Crippen molar-refractivity contribution in [1.82, 2.24) is 60.2 Å². The van der Waals surface area contributed by atoms with Crippen LogP contribution < -0.4 is 5.32 Å². The van der Waals surface area contributed by atoms with E-state index in [-0.39, 0.29) is 79.1 Å². The number of aromatic carboxylic acids is 2. The summed E-state index contributed by atoms with van der Waals surface area (Å²) in [4.78, 5) is 57.3. The topological polar surface area (TPSA) is 270 Å². The molecule has 0 aliphatic rings. The number of fused-ring (bicyclic) bond motifs is 2. The summed E-state index contributed by atoms with van der Waals surface area (Å²) in [7, 11) is 0. The van der Waals surface area contributed by atoms with E-state index in [1.165, 1.54) is 58.2 Å². The third-order valence-electron chi connectivity index (χ3n) is 7.16. The molecule has 0 aromatic carbocycles. The Morgan fingerprint density at radius 2 is 1.12 bits per heavy atom. The van der Waals surface area contributed by atoms with E-state index in [1.807, 2.05) is 0 Å². The van der Waals surface area contributed by atoms with Gasteiger partial charge in [0.1, 0.15) is 11.4 Å². The second-order valence-electron chi connectivity index (χ2n) is 10.3. The number of pyridine rings is 5. The van der Waals surface area contributed by atoms with Crippen LogP contribution in [-0.2, 0) is 0 Å². The predicted molar refractivity (Wildman–Crippen MR) is 166 cm³/mol. The molecule has 7 aromatic heterocycles. The fraction of sp³-hybridized carbons (Fsp3) is 0.0667. The maximum absolute atomic E-state index is 12.9. The fourth-order valence-electron chi connectivity index (χ4n) is 4.95. The third-order valence-corrected chi connectivity index (χ3v) is 7.16. The molecule has 0 saturated carbocycles. The van der Waals surface area contributed by atoms with Crippen molar-refractivity contribution in [3.63, 3.8) is 0 Å². The smallest absolute Gasteiger partial charge is 0.336 e. The van der Waals surface area contributed by atoms with Gasteiger partial charge >= 0.3 is 11.9 Å². The molecule has 0 aliphatic heterocycles. The molecule has 0 fully saturated rings. The third kappa shape index (κ3) is 5.62. The number of aromatic hydroxyl groups is 2. The SMILES string of the molecule is CCNC(=O)c1cc(-c2cn(-c3ccc4c(C(=O)O)cc(O)nc4n3)nn2)nc(-c2cn(-c3ccc4c(C(=O)O)cc(O)nc4n3)nn2)c1. The van der Waals surface area contributed by atoms with E-state index >= 15 is 0 Å². The summed E-state index contributed by atoms with van der Waals surface area (Å²) >= 11 is 0. The molecule has 242 valence electrons. The highest BCUT2D eigenvalue weighted by atomic mass is 16.4.